The van der Waals surface area contributed by atoms with E-state index in [-0.39, 0.29) is 17.4 Å². The maximum absolute atomic E-state index is 12.4. The predicted octanol–water partition coefficient (Wildman–Crippen LogP) is 6.10. The Labute approximate surface area is 194 Å². The van der Waals surface area contributed by atoms with Crippen LogP contribution < -0.4 is 4.74 Å². The average Bonchev–Trinajstić information content (AvgIpc) is 2.72. The number of likely N-dealkylation sites (tertiary alicyclic amines) is 2. The van der Waals surface area contributed by atoms with Crippen LogP contribution in [0.15, 0.2) is 30.8 Å². The van der Waals surface area contributed by atoms with Crippen LogP contribution in [0.1, 0.15) is 58.9 Å². The van der Waals surface area contributed by atoms with Crippen molar-refractivity contribution in [3.05, 3.63) is 36.4 Å². The molecule has 2 heterocycles. The van der Waals surface area contributed by atoms with E-state index in [0.29, 0.717) is 19.0 Å². The minimum absolute atomic E-state index is 0.0431. The van der Waals surface area contributed by atoms with Gasteiger partial charge < -0.3 is 14.4 Å². The number of hydrogen-bond acceptors (Lipinski definition) is 4. The minimum atomic E-state index is -4.69. The average molecular weight is 469 g/mol. The highest BCUT2D eigenvalue weighted by molar-refractivity contribution is 5.68. The lowest BCUT2D eigenvalue weighted by molar-refractivity contribution is -0.274. The number of alkyl halides is 3. The molecule has 0 aromatic heterocycles. The van der Waals surface area contributed by atoms with Crippen LogP contribution in [-0.2, 0) is 4.74 Å². The summed E-state index contributed by atoms with van der Waals surface area (Å²) >= 11 is 0. The van der Waals surface area contributed by atoms with Gasteiger partial charge in [-0.3, -0.25) is 4.90 Å². The second-order valence-electron chi connectivity index (χ2n) is 10.3. The van der Waals surface area contributed by atoms with Crippen molar-refractivity contribution < 1.29 is 27.4 Å². The molecule has 0 bridgehead atoms. The number of nitrogens with zero attached hydrogens (tertiary/aromatic N) is 2. The lowest BCUT2D eigenvalue weighted by atomic mass is 9.81. The molecule has 184 valence electrons. The molecular formula is C25H35F3N2O3. The van der Waals surface area contributed by atoms with Gasteiger partial charge in [0.25, 0.3) is 0 Å². The molecule has 0 atom stereocenters. The van der Waals surface area contributed by atoms with Crippen LogP contribution in [0.2, 0.25) is 0 Å². The van der Waals surface area contributed by atoms with Crippen LogP contribution in [-0.4, -0.2) is 59.6 Å². The van der Waals surface area contributed by atoms with Gasteiger partial charge in [0.15, 0.2) is 0 Å². The van der Waals surface area contributed by atoms with Crippen LogP contribution >= 0.6 is 0 Å². The number of hydrogen-bond donors (Lipinski definition) is 0. The quantitative estimate of drug-likeness (QED) is 0.536. The Morgan fingerprint density at radius 1 is 1.03 bits per heavy atom. The second-order valence-corrected chi connectivity index (χ2v) is 10.3. The first-order valence-corrected chi connectivity index (χ1v) is 11.5. The van der Waals surface area contributed by atoms with E-state index in [2.05, 4.69) is 23.1 Å². The predicted molar refractivity (Wildman–Crippen MR) is 122 cm³/mol. The van der Waals surface area contributed by atoms with E-state index in [0.717, 1.165) is 49.9 Å². The Morgan fingerprint density at radius 2 is 1.58 bits per heavy atom. The third-order valence-corrected chi connectivity index (χ3v) is 6.70. The van der Waals surface area contributed by atoms with Crippen molar-refractivity contribution in [2.45, 2.75) is 70.9 Å². The van der Waals surface area contributed by atoms with Gasteiger partial charge in [-0.25, -0.2) is 4.79 Å². The van der Waals surface area contributed by atoms with Crippen LogP contribution in [0.25, 0.3) is 5.57 Å². The molecule has 0 N–H and O–H groups in total. The number of ether oxygens (including phenoxy) is 2. The summed E-state index contributed by atoms with van der Waals surface area (Å²) in [6, 6.07) is 5.96. The van der Waals surface area contributed by atoms with Gasteiger partial charge >= 0.3 is 12.5 Å². The first-order valence-electron chi connectivity index (χ1n) is 11.5. The molecule has 0 spiro atoms. The number of carbonyl (C=O) groups excluding carboxylic acids is 1. The molecular weight excluding hydrogens is 433 g/mol. The van der Waals surface area contributed by atoms with E-state index in [1.54, 1.807) is 17.0 Å². The molecule has 5 nitrogen and oxygen atoms in total. The van der Waals surface area contributed by atoms with Crippen LogP contribution in [0, 0.1) is 5.92 Å². The highest BCUT2D eigenvalue weighted by Gasteiger charge is 2.39. The summed E-state index contributed by atoms with van der Waals surface area (Å²) in [6.45, 7) is 15.4. The molecule has 33 heavy (non-hydrogen) atoms. The Morgan fingerprint density at radius 3 is 2.06 bits per heavy atom. The van der Waals surface area contributed by atoms with E-state index in [1.165, 1.54) is 12.1 Å². The summed E-state index contributed by atoms with van der Waals surface area (Å²) in [5, 5.41) is 0. The zero-order chi connectivity index (χ0) is 24.4. The summed E-state index contributed by atoms with van der Waals surface area (Å²) in [4.78, 5) is 16.7. The van der Waals surface area contributed by atoms with Gasteiger partial charge in [-0.15, -0.1) is 13.2 Å². The second kappa shape index (κ2) is 9.57. The summed E-state index contributed by atoms with van der Waals surface area (Å²) in [5.74, 6) is 0.0700. The molecule has 0 saturated carbocycles. The number of piperidine rings is 2. The molecule has 3 rings (SSSR count). The molecule has 1 amide bonds. The van der Waals surface area contributed by atoms with Crippen molar-refractivity contribution >= 4 is 11.7 Å². The van der Waals surface area contributed by atoms with Gasteiger partial charge in [0.2, 0.25) is 0 Å². The zero-order valence-electron chi connectivity index (χ0n) is 20.0. The van der Waals surface area contributed by atoms with Crippen LogP contribution in [0.4, 0.5) is 18.0 Å². The number of rotatable bonds is 4. The molecule has 2 fully saturated rings. The molecule has 1 aromatic carbocycles. The lowest BCUT2D eigenvalue weighted by Crippen LogP contribution is -2.56. The Bertz CT molecular complexity index is 830. The smallest absolute Gasteiger partial charge is 0.444 e. The van der Waals surface area contributed by atoms with Gasteiger partial charge in [-0.2, -0.15) is 0 Å². The molecule has 2 saturated heterocycles. The zero-order valence-corrected chi connectivity index (χ0v) is 20.0. The SMILES string of the molecule is C=C(c1ccc(OC(F)(F)F)cc1)C1CCN(C2(C)CCN(C(=O)OC(C)(C)C)CC2)CC1. The van der Waals surface area contributed by atoms with Crippen molar-refractivity contribution in [3.8, 4) is 5.75 Å². The van der Waals surface area contributed by atoms with Crippen molar-refractivity contribution in [3.63, 3.8) is 0 Å². The van der Waals surface area contributed by atoms with Crippen molar-refractivity contribution in [2.24, 2.45) is 5.92 Å². The monoisotopic (exact) mass is 468 g/mol. The van der Waals surface area contributed by atoms with Gasteiger partial charge in [0.1, 0.15) is 11.4 Å². The first-order chi connectivity index (χ1) is 15.3. The number of amides is 1. The largest absolute Gasteiger partial charge is 0.573 e. The third-order valence-electron chi connectivity index (χ3n) is 6.70. The van der Waals surface area contributed by atoms with Gasteiger partial charge in [-0.1, -0.05) is 18.7 Å². The number of benzene rings is 1. The summed E-state index contributed by atoms with van der Waals surface area (Å²) < 4.78 is 46.6. The fraction of sp³-hybridized carbons (Fsp3) is 0.640. The van der Waals surface area contributed by atoms with E-state index >= 15 is 0 Å². The Kier molecular flexibility index (Phi) is 7.36. The maximum Gasteiger partial charge on any atom is 0.573 e. The van der Waals surface area contributed by atoms with E-state index in [4.69, 9.17) is 4.74 Å². The molecule has 8 heteroatoms. The standard InChI is InChI=1S/C25H35F3N2O3/c1-18(19-6-8-21(9-7-19)32-25(26,27)28)20-10-14-30(15-11-20)24(5)12-16-29(17-13-24)22(31)33-23(2,3)4/h6-9,20H,1,10-17H2,2-5H3. The topological polar surface area (TPSA) is 42.0 Å². The number of halogens is 3. The Hall–Kier alpha value is -2.22. The fourth-order valence-electron chi connectivity index (χ4n) is 4.69. The van der Waals surface area contributed by atoms with Crippen molar-refractivity contribution in [1.29, 1.82) is 0 Å². The van der Waals surface area contributed by atoms with E-state index < -0.39 is 12.0 Å². The third kappa shape index (κ3) is 6.88. The highest BCUT2D eigenvalue weighted by Crippen LogP contribution is 2.37. The maximum atomic E-state index is 12.4. The summed E-state index contributed by atoms with van der Waals surface area (Å²) in [7, 11) is 0. The normalized spacial score (nSPS) is 20.4. The minimum Gasteiger partial charge on any atom is -0.444 e. The highest BCUT2D eigenvalue weighted by atomic mass is 19.4. The van der Waals surface area contributed by atoms with Crippen LogP contribution in [0.3, 0.4) is 0 Å². The molecule has 1 aromatic rings. The molecule has 2 aliphatic rings. The molecule has 2 aliphatic heterocycles. The molecule has 0 radical (unpaired) electrons. The first kappa shape index (κ1) is 25.4. The summed E-state index contributed by atoms with van der Waals surface area (Å²) in [5.41, 5.74) is 1.35. The molecule has 0 unspecified atom stereocenters. The van der Waals surface area contributed by atoms with Gasteiger partial charge in [0, 0.05) is 18.6 Å². The van der Waals surface area contributed by atoms with Gasteiger partial charge in [0.05, 0.1) is 0 Å². The van der Waals surface area contributed by atoms with E-state index in [9.17, 15) is 18.0 Å². The lowest BCUT2D eigenvalue weighted by Gasteiger charge is -2.49. The number of allylic oxidation sites excluding steroid dienone is 1. The van der Waals surface area contributed by atoms with Crippen LogP contribution in [0.5, 0.6) is 5.75 Å². The Balaban J connectivity index is 1.50. The summed E-state index contributed by atoms with van der Waals surface area (Å²) in [6.07, 6.45) is -1.23. The van der Waals surface area contributed by atoms with Crippen molar-refractivity contribution in [2.75, 3.05) is 26.2 Å². The van der Waals surface area contributed by atoms with Crippen molar-refractivity contribution in [1.82, 2.24) is 9.80 Å². The van der Waals surface area contributed by atoms with E-state index in [1.807, 2.05) is 20.8 Å². The van der Waals surface area contributed by atoms with Gasteiger partial charge in [-0.05, 0) is 95.7 Å². The molecule has 0 aliphatic carbocycles. The fourth-order valence-corrected chi connectivity index (χ4v) is 4.69. The number of carbonyl (C=O) groups is 1.